The number of carbonyl (C=O) groups is 3. The van der Waals surface area contributed by atoms with Crippen molar-refractivity contribution in [1.29, 1.82) is 0 Å². The van der Waals surface area contributed by atoms with Crippen LogP contribution in [0.25, 0.3) is 0 Å². The molecule has 0 saturated heterocycles. The van der Waals surface area contributed by atoms with E-state index in [1.54, 1.807) is 0 Å². The maximum Gasteiger partial charge on any atom is 0.326 e. The average molecular weight is 261 g/mol. The van der Waals surface area contributed by atoms with Crippen LogP contribution in [0.15, 0.2) is 16.7 Å². The van der Waals surface area contributed by atoms with Crippen molar-refractivity contribution in [2.45, 2.75) is 12.5 Å². The molecule has 92 valence electrons. The number of carboxylic acid groups (broad SMARTS) is 1. The largest absolute Gasteiger partial charge is 0.480 e. The van der Waals surface area contributed by atoms with Crippen LogP contribution in [-0.4, -0.2) is 28.9 Å². The van der Waals surface area contributed by atoms with Crippen LogP contribution in [0.2, 0.25) is 5.02 Å². The number of nitrogens with one attached hydrogen (secondary N) is 1. The number of hydrogen-bond donors (Lipinski definition) is 3. The van der Waals surface area contributed by atoms with Gasteiger partial charge in [0.2, 0.25) is 11.7 Å². The van der Waals surface area contributed by atoms with Crippen molar-refractivity contribution >= 4 is 29.4 Å². The fourth-order valence-corrected chi connectivity index (χ4v) is 1.26. The molecule has 0 aliphatic carbocycles. The number of carboxylic acids is 1. The predicted molar refractivity (Wildman–Crippen MR) is 56.4 cm³/mol. The van der Waals surface area contributed by atoms with Crippen molar-refractivity contribution in [3.63, 3.8) is 0 Å². The summed E-state index contributed by atoms with van der Waals surface area (Å²) < 4.78 is 4.76. The van der Waals surface area contributed by atoms with Gasteiger partial charge in [-0.2, -0.15) is 0 Å². The molecule has 1 aromatic heterocycles. The number of rotatable bonds is 5. The zero-order chi connectivity index (χ0) is 13.0. The van der Waals surface area contributed by atoms with E-state index in [1.807, 2.05) is 0 Å². The number of aliphatic carboxylic acids is 1. The van der Waals surface area contributed by atoms with Gasteiger partial charge in [-0.05, 0) is 6.07 Å². The molecule has 0 fully saturated rings. The number of carbonyl (C=O) groups excluding carboxylic acids is 2. The van der Waals surface area contributed by atoms with Crippen LogP contribution in [-0.2, 0) is 9.59 Å². The van der Waals surface area contributed by atoms with Crippen LogP contribution in [0.1, 0.15) is 17.0 Å². The van der Waals surface area contributed by atoms with Gasteiger partial charge in [0.25, 0.3) is 5.91 Å². The van der Waals surface area contributed by atoms with Gasteiger partial charge < -0.3 is 20.6 Å². The molecule has 1 heterocycles. The van der Waals surface area contributed by atoms with Gasteiger partial charge in [-0.3, -0.25) is 9.59 Å². The molecule has 0 spiro atoms. The Balaban J connectivity index is 2.74. The van der Waals surface area contributed by atoms with Crippen molar-refractivity contribution in [1.82, 2.24) is 5.32 Å². The molecule has 0 aromatic carbocycles. The van der Waals surface area contributed by atoms with E-state index in [9.17, 15) is 14.4 Å². The van der Waals surface area contributed by atoms with E-state index in [-0.39, 0.29) is 10.8 Å². The van der Waals surface area contributed by atoms with E-state index in [1.165, 1.54) is 12.3 Å². The summed E-state index contributed by atoms with van der Waals surface area (Å²) in [5, 5.41) is 10.9. The van der Waals surface area contributed by atoms with Crippen LogP contribution in [0.4, 0.5) is 0 Å². The Labute approximate surface area is 101 Å². The lowest BCUT2D eigenvalue weighted by Crippen LogP contribution is -2.43. The van der Waals surface area contributed by atoms with Crippen LogP contribution < -0.4 is 11.1 Å². The molecular weight excluding hydrogens is 252 g/mol. The normalized spacial score (nSPS) is 11.8. The number of nitrogens with two attached hydrogens (primary N) is 1. The lowest BCUT2D eigenvalue weighted by Gasteiger charge is -2.11. The van der Waals surface area contributed by atoms with E-state index in [2.05, 4.69) is 5.32 Å². The maximum absolute atomic E-state index is 11.5. The van der Waals surface area contributed by atoms with Gasteiger partial charge in [-0.15, -0.1) is 0 Å². The summed E-state index contributed by atoms with van der Waals surface area (Å²) >= 11 is 5.61. The van der Waals surface area contributed by atoms with Gasteiger partial charge >= 0.3 is 5.97 Å². The Morgan fingerprint density at radius 3 is 2.59 bits per heavy atom. The summed E-state index contributed by atoms with van der Waals surface area (Å²) in [6.45, 7) is 0. The van der Waals surface area contributed by atoms with Gasteiger partial charge in [-0.25, -0.2) is 4.79 Å². The Kier molecular flexibility index (Phi) is 4.11. The molecule has 0 aliphatic rings. The maximum atomic E-state index is 11.5. The monoisotopic (exact) mass is 260 g/mol. The summed E-state index contributed by atoms with van der Waals surface area (Å²) in [6.07, 6.45) is 0.667. The summed E-state index contributed by atoms with van der Waals surface area (Å²) in [5.41, 5.74) is 4.85. The molecule has 1 aromatic rings. The minimum absolute atomic E-state index is 0.0470. The second kappa shape index (κ2) is 5.35. The third-order valence-corrected chi connectivity index (χ3v) is 2.13. The Morgan fingerprint density at radius 2 is 2.18 bits per heavy atom. The topological polar surface area (TPSA) is 123 Å². The molecule has 0 bridgehead atoms. The first-order valence-corrected chi connectivity index (χ1v) is 4.84. The molecule has 1 atom stereocenters. The molecule has 4 N–H and O–H groups in total. The van der Waals surface area contributed by atoms with E-state index in [0.29, 0.717) is 0 Å². The molecule has 0 radical (unpaired) electrons. The van der Waals surface area contributed by atoms with E-state index >= 15 is 0 Å². The smallest absolute Gasteiger partial charge is 0.326 e. The van der Waals surface area contributed by atoms with E-state index in [4.69, 9.17) is 26.9 Å². The van der Waals surface area contributed by atoms with Gasteiger partial charge in [0.1, 0.15) is 6.04 Å². The second-order valence-corrected chi connectivity index (χ2v) is 3.54. The molecular formula is C9H9ClN2O5. The number of amides is 2. The summed E-state index contributed by atoms with van der Waals surface area (Å²) in [6, 6.07) is -0.0819. The minimum Gasteiger partial charge on any atom is -0.480 e. The van der Waals surface area contributed by atoms with Crippen molar-refractivity contribution in [2.75, 3.05) is 0 Å². The van der Waals surface area contributed by atoms with Gasteiger partial charge in [0, 0.05) is 0 Å². The van der Waals surface area contributed by atoms with Gasteiger partial charge in [0.15, 0.2) is 0 Å². The Hall–Kier alpha value is -2.02. The zero-order valence-corrected chi connectivity index (χ0v) is 9.23. The number of furan rings is 1. The van der Waals surface area contributed by atoms with Crippen LogP contribution in [0, 0.1) is 0 Å². The van der Waals surface area contributed by atoms with Crippen LogP contribution >= 0.6 is 11.6 Å². The summed E-state index contributed by atoms with van der Waals surface area (Å²) in [7, 11) is 0. The highest BCUT2D eigenvalue weighted by Crippen LogP contribution is 2.16. The molecule has 0 unspecified atom stereocenters. The molecule has 17 heavy (non-hydrogen) atoms. The lowest BCUT2D eigenvalue weighted by atomic mass is 10.2. The SMILES string of the molecule is NC(=O)C[C@H](NC(=O)c1occc1Cl)C(=O)O. The summed E-state index contributed by atoms with van der Waals surface area (Å²) in [4.78, 5) is 32.9. The molecule has 8 heteroatoms. The fourth-order valence-electron chi connectivity index (χ4n) is 1.08. The average Bonchev–Trinajstić information content (AvgIpc) is 2.62. The highest BCUT2D eigenvalue weighted by molar-refractivity contribution is 6.33. The first kappa shape index (κ1) is 13.0. The van der Waals surface area contributed by atoms with Gasteiger partial charge in [0.05, 0.1) is 17.7 Å². The fraction of sp³-hybridized carbons (Fsp3) is 0.222. The first-order chi connectivity index (χ1) is 7.91. The molecule has 2 amide bonds. The quantitative estimate of drug-likeness (QED) is 0.687. The lowest BCUT2D eigenvalue weighted by molar-refractivity contribution is -0.140. The Morgan fingerprint density at radius 1 is 1.53 bits per heavy atom. The predicted octanol–water partition coefficient (Wildman–Crippen LogP) is -0.00860. The van der Waals surface area contributed by atoms with Gasteiger partial charge in [-0.1, -0.05) is 11.6 Å². The van der Waals surface area contributed by atoms with Crippen LogP contribution in [0.3, 0.4) is 0 Å². The van der Waals surface area contributed by atoms with Crippen molar-refractivity contribution in [3.8, 4) is 0 Å². The number of hydrogen-bond acceptors (Lipinski definition) is 4. The third kappa shape index (κ3) is 3.49. The number of halogens is 1. The Bertz CT molecular complexity index is 456. The molecule has 0 aliphatic heterocycles. The first-order valence-electron chi connectivity index (χ1n) is 4.46. The van der Waals surface area contributed by atoms with Crippen molar-refractivity contribution in [2.24, 2.45) is 5.73 Å². The third-order valence-electron chi connectivity index (χ3n) is 1.83. The molecule has 0 saturated carbocycles. The second-order valence-electron chi connectivity index (χ2n) is 3.13. The highest BCUT2D eigenvalue weighted by atomic mass is 35.5. The highest BCUT2D eigenvalue weighted by Gasteiger charge is 2.25. The minimum atomic E-state index is -1.42. The van der Waals surface area contributed by atoms with Crippen molar-refractivity contribution < 1.29 is 23.9 Å². The zero-order valence-electron chi connectivity index (χ0n) is 8.47. The molecule has 1 rings (SSSR count). The van der Waals surface area contributed by atoms with E-state index in [0.717, 1.165) is 0 Å². The molecule has 7 nitrogen and oxygen atoms in total. The number of primary amides is 1. The van der Waals surface area contributed by atoms with E-state index < -0.39 is 30.2 Å². The standard InChI is InChI=1S/C9H9ClN2O5/c10-4-1-2-17-7(4)8(14)12-5(9(15)16)3-6(11)13/h1-2,5H,3H2,(H2,11,13)(H,12,14)(H,15,16)/t5-/m0/s1. The van der Waals surface area contributed by atoms with Crippen LogP contribution in [0.5, 0.6) is 0 Å². The van der Waals surface area contributed by atoms with Crippen molar-refractivity contribution in [3.05, 3.63) is 23.1 Å². The summed E-state index contributed by atoms with van der Waals surface area (Å²) in [5.74, 6) is -3.26.